The lowest BCUT2D eigenvalue weighted by molar-refractivity contribution is -0.137. The molecule has 1 aromatic carbocycles. The number of nitrogens with two attached hydrogens (primary N) is 1. The van der Waals surface area contributed by atoms with Crippen LogP contribution >= 0.6 is 0 Å². The van der Waals surface area contributed by atoms with E-state index in [9.17, 15) is 9.18 Å². The first kappa shape index (κ1) is 19.3. The lowest BCUT2D eigenvalue weighted by atomic mass is 10.2. The Morgan fingerprint density at radius 1 is 1.32 bits per heavy atom. The Bertz CT molecular complexity index is 936. The maximum absolute atomic E-state index is 14.3. The highest BCUT2D eigenvalue weighted by Crippen LogP contribution is 2.23. The monoisotopic (exact) mass is 387 g/mol. The zero-order valence-electron chi connectivity index (χ0n) is 14.8. The first-order valence-corrected chi connectivity index (χ1v) is 8.45. The van der Waals surface area contributed by atoms with Crippen molar-refractivity contribution >= 4 is 5.97 Å². The predicted octanol–water partition coefficient (Wildman–Crippen LogP) is 0.693. The standard InChI is InChI=1S/C17H18FN7O3/c18-13-8-11(17-22-24-25(23-17)10-12(19)9-16(26)27)2-3-14(13)28-7-4-15-20-5-1-6-21-15/h1-3,5-6,8,12H,4,7,9-10,19H2,(H,26,27)/t12-/m0/s1. The zero-order valence-corrected chi connectivity index (χ0v) is 14.8. The number of halogens is 1. The van der Waals surface area contributed by atoms with Crippen molar-refractivity contribution < 1.29 is 19.0 Å². The number of hydrogen-bond donors (Lipinski definition) is 2. The van der Waals surface area contributed by atoms with Crippen molar-refractivity contribution in [2.45, 2.75) is 25.4 Å². The second kappa shape index (κ2) is 8.95. The maximum atomic E-state index is 14.3. The van der Waals surface area contributed by atoms with Gasteiger partial charge in [-0.3, -0.25) is 4.79 Å². The fourth-order valence-corrected chi connectivity index (χ4v) is 2.40. The summed E-state index contributed by atoms with van der Waals surface area (Å²) in [6, 6.07) is 5.39. The minimum absolute atomic E-state index is 0.0878. The lowest BCUT2D eigenvalue weighted by Crippen LogP contribution is -2.30. The summed E-state index contributed by atoms with van der Waals surface area (Å²) in [7, 11) is 0. The van der Waals surface area contributed by atoms with Crippen LogP contribution in [0, 0.1) is 5.82 Å². The van der Waals surface area contributed by atoms with Gasteiger partial charge in [-0.2, -0.15) is 4.80 Å². The number of rotatable bonds is 9. The summed E-state index contributed by atoms with van der Waals surface area (Å²) >= 11 is 0. The molecule has 3 rings (SSSR count). The second-order valence-corrected chi connectivity index (χ2v) is 5.93. The highest BCUT2D eigenvalue weighted by atomic mass is 19.1. The van der Waals surface area contributed by atoms with Crippen LogP contribution in [0.4, 0.5) is 4.39 Å². The first-order valence-electron chi connectivity index (χ1n) is 8.45. The molecule has 0 saturated carbocycles. The van der Waals surface area contributed by atoms with Crippen LogP contribution in [0.15, 0.2) is 36.7 Å². The van der Waals surface area contributed by atoms with Gasteiger partial charge in [-0.15, -0.1) is 10.2 Å². The van der Waals surface area contributed by atoms with Crippen LogP contribution in [-0.2, 0) is 17.8 Å². The van der Waals surface area contributed by atoms with Gasteiger partial charge in [0.2, 0.25) is 5.82 Å². The van der Waals surface area contributed by atoms with E-state index in [1.54, 1.807) is 24.5 Å². The quantitative estimate of drug-likeness (QED) is 0.542. The van der Waals surface area contributed by atoms with Crippen molar-refractivity contribution in [3.05, 3.63) is 48.3 Å². The second-order valence-electron chi connectivity index (χ2n) is 5.93. The fraction of sp³-hybridized carbons (Fsp3) is 0.294. The number of aromatic nitrogens is 6. The van der Waals surface area contributed by atoms with Crippen LogP contribution < -0.4 is 10.5 Å². The van der Waals surface area contributed by atoms with Gasteiger partial charge in [0.25, 0.3) is 0 Å². The summed E-state index contributed by atoms with van der Waals surface area (Å²) in [5, 5.41) is 20.5. The molecule has 146 valence electrons. The van der Waals surface area contributed by atoms with E-state index in [0.717, 1.165) is 0 Å². The van der Waals surface area contributed by atoms with Crippen LogP contribution in [0.2, 0.25) is 0 Å². The molecule has 0 saturated heterocycles. The SMILES string of the molecule is N[C@@H](CC(=O)O)Cn1nnc(-c2ccc(OCCc3ncccn3)c(F)c2)n1. The number of aliphatic carboxylic acids is 1. The summed E-state index contributed by atoms with van der Waals surface area (Å²) in [6.07, 6.45) is 3.50. The highest BCUT2D eigenvalue weighted by Gasteiger charge is 2.14. The van der Waals surface area contributed by atoms with E-state index in [1.165, 1.54) is 16.9 Å². The molecule has 0 spiro atoms. The van der Waals surface area contributed by atoms with Crippen LogP contribution in [0.3, 0.4) is 0 Å². The van der Waals surface area contributed by atoms with Gasteiger partial charge in [-0.05, 0) is 29.5 Å². The molecule has 0 aliphatic carbocycles. The largest absolute Gasteiger partial charge is 0.490 e. The van der Waals surface area contributed by atoms with Gasteiger partial charge >= 0.3 is 5.97 Å². The fourth-order valence-electron chi connectivity index (χ4n) is 2.40. The lowest BCUT2D eigenvalue weighted by Gasteiger charge is -2.07. The van der Waals surface area contributed by atoms with E-state index in [1.807, 2.05) is 0 Å². The number of carbonyl (C=O) groups is 1. The third-order valence-electron chi connectivity index (χ3n) is 3.68. The Balaban J connectivity index is 1.60. The van der Waals surface area contributed by atoms with E-state index in [-0.39, 0.29) is 31.1 Å². The molecular formula is C17H18FN7O3. The average Bonchev–Trinajstić information content (AvgIpc) is 3.11. The third-order valence-corrected chi connectivity index (χ3v) is 3.68. The normalized spacial score (nSPS) is 11.9. The van der Waals surface area contributed by atoms with Crippen molar-refractivity contribution in [1.82, 2.24) is 30.2 Å². The molecule has 0 aliphatic heterocycles. The van der Waals surface area contributed by atoms with Gasteiger partial charge in [0.15, 0.2) is 11.6 Å². The Kier molecular flexibility index (Phi) is 6.17. The molecule has 0 aliphatic rings. The molecule has 2 heterocycles. The molecule has 11 heteroatoms. The summed E-state index contributed by atoms with van der Waals surface area (Å²) in [4.78, 5) is 20.0. The van der Waals surface area contributed by atoms with Crippen LogP contribution in [-0.4, -0.2) is 53.9 Å². The molecule has 0 fully saturated rings. The third kappa shape index (κ3) is 5.27. The number of benzene rings is 1. The summed E-state index contributed by atoms with van der Waals surface area (Å²) in [5.41, 5.74) is 6.10. The Hall–Kier alpha value is -3.47. The van der Waals surface area contributed by atoms with Crippen LogP contribution in [0.5, 0.6) is 5.75 Å². The molecule has 3 aromatic rings. The van der Waals surface area contributed by atoms with Crippen molar-refractivity contribution in [3.8, 4) is 17.1 Å². The molecule has 3 N–H and O–H groups in total. The van der Waals surface area contributed by atoms with Crippen molar-refractivity contribution in [2.75, 3.05) is 6.61 Å². The topological polar surface area (TPSA) is 142 Å². The number of carboxylic acids is 1. The van der Waals surface area contributed by atoms with E-state index in [4.69, 9.17) is 15.6 Å². The van der Waals surface area contributed by atoms with Crippen LogP contribution in [0.1, 0.15) is 12.2 Å². The van der Waals surface area contributed by atoms with Crippen molar-refractivity contribution in [2.24, 2.45) is 5.73 Å². The minimum atomic E-state index is -1.01. The molecule has 10 nitrogen and oxygen atoms in total. The Labute approximate surface area is 159 Å². The van der Waals surface area contributed by atoms with Gasteiger partial charge in [0.1, 0.15) is 5.82 Å². The molecule has 0 unspecified atom stereocenters. The molecule has 28 heavy (non-hydrogen) atoms. The highest BCUT2D eigenvalue weighted by molar-refractivity contribution is 5.67. The van der Waals surface area contributed by atoms with E-state index in [2.05, 4.69) is 25.4 Å². The predicted molar refractivity (Wildman–Crippen MR) is 94.7 cm³/mol. The molecular weight excluding hydrogens is 369 g/mol. The van der Waals surface area contributed by atoms with Crippen molar-refractivity contribution in [3.63, 3.8) is 0 Å². The summed E-state index contributed by atoms with van der Waals surface area (Å²) < 4.78 is 19.7. The number of ether oxygens (including phenoxy) is 1. The zero-order chi connectivity index (χ0) is 19.9. The Morgan fingerprint density at radius 2 is 2.11 bits per heavy atom. The van der Waals surface area contributed by atoms with E-state index < -0.39 is 17.8 Å². The van der Waals surface area contributed by atoms with Gasteiger partial charge in [-0.25, -0.2) is 14.4 Å². The first-order chi connectivity index (χ1) is 13.5. The molecule has 0 radical (unpaired) electrons. The van der Waals surface area contributed by atoms with E-state index in [0.29, 0.717) is 17.8 Å². The Morgan fingerprint density at radius 3 is 2.82 bits per heavy atom. The number of carboxylic acid groups (broad SMARTS) is 1. The summed E-state index contributed by atoms with van der Waals surface area (Å²) in [5.74, 6) is -0.669. The molecule has 1 atom stereocenters. The molecule has 0 amide bonds. The average molecular weight is 387 g/mol. The van der Waals surface area contributed by atoms with Gasteiger partial charge < -0.3 is 15.6 Å². The summed E-state index contributed by atoms with van der Waals surface area (Å²) in [6.45, 7) is 0.320. The maximum Gasteiger partial charge on any atom is 0.304 e. The minimum Gasteiger partial charge on any atom is -0.490 e. The smallest absolute Gasteiger partial charge is 0.304 e. The van der Waals surface area contributed by atoms with E-state index >= 15 is 0 Å². The van der Waals surface area contributed by atoms with Gasteiger partial charge in [0.05, 0.1) is 19.6 Å². The number of nitrogens with zero attached hydrogens (tertiary/aromatic N) is 6. The number of tetrazole rings is 1. The van der Waals surface area contributed by atoms with Gasteiger partial charge in [0, 0.05) is 30.4 Å². The van der Waals surface area contributed by atoms with Crippen LogP contribution in [0.25, 0.3) is 11.4 Å². The number of hydrogen-bond acceptors (Lipinski definition) is 8. The van der Waals surface area contributed by atoms with Gasteiger partial charge in [-0.1, -0.05) is 0 Å². The molecule has 2 aromatic heterocycles. The molecule has 0 bridgehead atoms. The van der Waals surface area contributed by atoms with Crippen molar-refractivity contribution in [1.29, 1.82) is 0 Å².